The quantitative estimate of drug-likeness (QED) is 0.655. The highest BCUT2D eigenvalue weighted by Gasteiger charge is 2.10. The van der Waals surface area contributed by atoms with E-state index in [0.29, 0.717) is 6.54 Å². The molecule has 6 nitrogen and oxygen atoms in total. The van der Waals surface area contributed by atoms with Gasteiger partial charge in [-0.05, 0) is 31.5 Å². The molecule has 3 N–H and O–H groups in total. The standard InChI is InChI=1S/C17H22N6/c1-2-5-14-10-16(20-9-4-7-18)23-17(21-14)11-15(22-23)13-6-3-8-19-12-13/h3,6,8,10-12,20H,2,4-5,7,9,18H2,1H3. The van der Waals surface area contributed by atoms with Crippen LogP contribution in [0, 0.1) is 0 Å². The van der Waals surface area contributed by atoms with E-state index < -0.39 is 0 Å². The van der Waals surface area contributed by atoms with Crippen LogP contribution in [0.2, 0.25) is 0 Å². The molecule has 0 amide bonds. The lowest BCUT2D eigenvalue weighted by molar-refractivity contribution is 0.835. The molecule has 0 fully saturated rings. The van der Waals surface area contributed by atoms with E-state index in [2.05, 4.69) is 28.4 Å². The largest absolute Gasteiger partial charge is 0.370 e. The van der Waals surface area contributed by atoms with Gasteiger partial charge in [0.05, 0.1) is 5.69 Å². The molecule has 0 bridgehead atoms. The lowest BCUT2D eigenvalue weighted by Crippen LogP contribution is -2.12. The number of aryl methyl sites for hydroxylation is 1. The Morgan fingerprint density at radius 2 is 2.22 bits per heavy atom. The van der Waals surface area contributed by atoms with Crippen molar-refractivity contribution < 1.29 is 0 Å². The van der Waals surface area contributed by atoms with Crippen molar-refractivity contribution in [1.29, 1.82) is 0 Å². The number of rotatable bonds is 7. The SMILES string of the molecule is CCCc1cc(NCCCN)n2nc(-c3cccnc3)cc2n1. The third kappa shape index (κ3) is 3.48. The molecule has 3 aromatic heterocycles. The van der Waals surface area contributed by atoms with Crippen LogP contribution in [-0.2, 0) is 6.42 Å². The molecule has 0 aliphatic rings. The van der Waals surface area contributed by atoms with Gasteiger partial charge in [-0.2, -0.15) is 9.61 Å². The highest BCUT2D eigenvalue weighted by Crippen LogP contribution is 2.21. The van der Waals surface area contributed by atoms with Gasteiger partial charge in [0.15, 0.2) is 5.65 Å². The number of aromatic nitrogens is 4. The molecule has 6 heteroatoms. The normalized spacial score (nSPS) is 11.0. The van der Waals surface area contributed by atoms with Gasteiger partial charge < -0.3 is 11.1 Å². The zero-order chi connectivity index (χ0) is 16.1. The molecular weight excluding hydrogens is 288 g/mol. The van der Waals surface area contributed by atoms with Crippen LogP contribution in [0.25, 0.3) is 16.9 Å². The molecule has 0 aliphatic heterocycles. The monoisotopic (exact) mass is 310 g/mol. The number of hydrogen-bond acceptors (Lipinski definition) is 5. The summed E-state index contributed by atoms with van der Waals surface area (Å²) >= 11 is 0. The van der Waals surface area contributed by atoms with Crippen LogP contribution in [0.3, 0.4) is 0 Å². The molecule has 0 saturated carbocycles. The molecule has 0 radical (unpaired) electrons. The van der Waals surface area contributed by atoms with Crippen LogP contribution in [0.15, 0.2) is 36.7 Å². The minimum atomic E-state index is 0.670. The molecule has 0 spiro atoms. The number of nitrogens with two attached hydrogens (primary N) is 1. The van der Waals surface area contributed by atoms with E-state index in [9.17, 15) is 0 Å². The number of nitrogens with zero attached hydrogens (tertiary/aromatic N) is 4. The van der Waals surface area contributed by atoms with Crippen molar-refractivity contribution in [2.45, 2.75) is 26.2 Å². The van der Waals surface area contributed by atoms with Crippen LogP contribution in [0.5, 0.6) is 0 Å². The van der Waals surface area contributed by atoms with Gasteiger partial charge in [0.25, 0.3) is 0 Å². The molecule has 0 saturated heterocycles. The Bertz CT molecular complexity index is 765. The molecule has 0 atom stereocenters. The smallest absolute Gasteiger partial charge is 0.158 e. The van der Waals surface area contributed by atoms with Crippen LogP contribution < -0.4 is 11.1 Å². The summed E-state index contributed by atoms with van der Waals surface area (Å²) in [5.74, 6) is 0.960. The van der Waals surface area contributed by atoms with Crippen LogP contribution in [0.4, 0.5) is 5.82 Å². The van der Waals surface area contributed by atoms with Gasteiger partial charge in [0.2, 0.25) is 0 Å². The number of pyridine rings is 1. The first-order valence-electron chi connectivity index (χ1n) is 8.06. The molecule has 3 rings (SSSR count). The van der Waals surface area contributed by atoms with E-state index in [1.807, 2.05) is 28.9 Å². The number of hydrogen-bond donors (Lipinski definition) is 2. The summed E-state index contributed by atoms with van der Waals surface area (Å²) in [6.07, 6.45) is 6.51. The first-order chi connectivity index (χ1) is 11.3. The van der Waals surface area contributed by atoms with Crippen LogP contribution in [0.1, 0.15) is 25.5 Å². The molecule has 23 heavy (non-hydrogen) atoms. The summed E-state index contributed by atoms with van der Waals surface area (Å²) in [4.78, 5) is 8.88. The Labute approximate surface area is 135 Å². The minimum Gasteiger partial charge on any atom is -0.370 e. The summed E-state index contributed by atoms with van der Waals surface area (Å²) in [7, 11) is 0. The molecule has 0 aromatic carbocycles. The first-order valence-corrected chi connectivity index (χ1v) is 8.06. The van der Waals surface area contributed by atoms with Gasteiger partial charge in [0.1, 0.15) is 5.82 Å². The van der Waals surface area contributed by atoms with Crippen molar-refractivity contribution in [2.75, 3.05) is 18.4 Å². The van der Waals surface area contributed by atoms with Crippen LogP contribution >= 0.6 is 0 Å². The second kappa shape index (κ2) is 7.19. The van der Waals surface area contributed by atoms with E-state index >= 15 is 0 Å². The fourth-order valence-electron chi connectivity index (χ4n) is 2.51. The lowest BCUT2D eigenvalue weighted by atomic mass is 10.2. The molecule has 3 heterocycles. The maximum absolute atomic E-state index is 5.58. The minimum absolute atomic E-state index is 0.670. The Balaban J connectivity index is 2.02. The van der Waals surface area contributed by atoms with Crippen molar-refractivity contribution >= 4 is 11.5 Å². The van der Waals surface area contributed by atoms with E-state index in [1.54, 1.807) is 6.20 Å². The first kappa shape index (κ1) is 15.4. The summed E-state index contributed by atoms with van der Waals surface area (Å²) in [5, 5.41) is 8.10. The van der Waals surface area contributed by atoms with Gasteiger partial charge >= 0.3 is 0 Å². The second-order valence-corrected chi connectivity index (χ2v) is 5.49. The zero-order valence-electron chi connectivity index (χ0n) is 13.4. The van der Waals surface area contributed by atoms with Crippen molar-refractivity contribution in [3.63, 3.8) is 0 Å². The van der Waals surface area contributed by atoms with Crippen molar-refractivity contribution in [2.24, 2.45) is 5.73 Å². The summed E-state index contributed by atoms with van der Waals surface area (Å²) in [6, 6.07) is 8.00. The molecule has 120 valence electrons. The summed E-state index contributed by atoms with van der Waals surface area (Å²) in [6.45, 7) is 3.65. The third-order valence-electron chi connectivity index (χ3n) is 3.63. The van der Waals surface area contributed by atoms with E-state index in [0.717, 1.165) is 54.2 Å². The molecular formula is C17H22N6. The fourth-order valence-corrected chi connectivity index (χ4v) is 2.51. The highest BCUT2D eigenvalue weighted by molar-refractivity contribution is 5.65. The number of nitrogens with one attached hydrogen (secondary N) is 1. The van der Waals surface area contributed by atoms with E-state index in [1.165, 1.54) is 0 Å². The maximum Gasteiger partial charge on any atom is 0.158 e. The van der Waals surface area contributed by atoms with Gasteiger partial charge in [-0.25, -0.2) is 4.98 Å². The lowest BCUT2D eigenvalue weighted by Gasteiger charge is -2.09. The van der Waals surface area contributed by atoms with Crippen LogP contribution in [-0.4, -0.2) is 32.7 Å². The highest BCUT2D eigenvalue weighted by atomic mass is 15.3. The average molecular weight is 310 g/mol. The van der Waals surface area contributed by atoms with Gasteiger partial charge in [-0.3, -0.25) is 4.98 Å². The van der Waals surface area contributed by atoms with Crippen molar-refractivity contribution in [1.82, 2.24) is 19.6 Å². The van der Waals surface area contributed by atoms with Gasteiger partial charge in [-0.15, -0.1) is 0 Å². The van der Waals surface area contributed by atoms with Crippen molar-refractivity contribution in [3.05, 3.63) is 42.4 Å². The Morgan fingerprint density at radius 1 is 1.30 bits per heavy atom. The predicted octanol–water partition coefficient (Wildman–Crippen LogP) is 2.50. The maximum atomic E-state index is 5.58. The number of fused-ring (bicyclic) bond motifs is 1. The Kier molecular flexibility index (Phi) is 4.83. The average Bonchev–Trinajstić information content (AvgIpc) is 3.00. The van der Waals surface area contributed by atoms with E-state index in [4.69, 9.17) is 10.7 Å². The fraction of sp³-hybridized carbons (Fsp3) is 0.353. The molecule has 0 unspecified atom stereocenters. The van der Waals surface area contributed by atoms with Crippen molar-refractivity contribution in [3.8, 4) is 11.3 Å². The predicted molar refractivity (Wildman–Crippen MR) is 92.4 cm³/mol. The Morgan fingerprint density at radius 3 is 2.96 bits per heavy atom. The molecule has 3 aromatic rings. The zero-order valence-corrected chi connectivity index (χ0v) is 13.4. The van der Waals surface area contributed by atoms with E-state index in [-0.39, 0.29) is 0 Å². The molecule has 0 aliphatic carbocycles. The second-order valence-electron chi connectivity index (χ2n) is 5.49. The third-order valence-corrected chi connectivity index (χ3v) is 3.63. The summed E-state index contributed by atoms with van der Waals surface area (Å²) in [5.41, 5.74) is 9.37. The summed E-state index contributed by atoms with van der Waals surface area (Å²) < 4.78 is 1.86. The topological polar surface area (TPSA) is 81.1 Å². The number of anilines is 1. The van der Waals surface area contributed by atoms with Gasteiger partial charge in [0, 0.05) is 42.3 Å². The Hall–Kier alpha value is -2.47. The van der Waals surface area contributed by atoms with Gasteiger partial charge in [-0.1, -0.05) is 13.3 Å².